The summed E-state index contributed by atoms with van der Waals surface area (Å²) in [6.07, 6.45) is 3.42. The Hall–Kier alpha value is -0.870. The number of oxazole rings is 1. The molecule has 0 aliphatic heterocycles. The zero-order valence-electron chi connectivity index (χ0n) is 7.66. The average molecular weight is 255 g/mol. The summed E-state index contributed by atoms with van der Waals surface area (Å²) in [4.78, 5) is 4.11. The quantitative estimate of drug-likeness (QED) is 0.916. The van der Waals surface area contributed by atoms with E-state index in [-0.39, 0.29) is 0 Å². The summed E-state index contributed by atoms with van der Waals surface area (Å²) in [5.41, 5.74) is 8.42. The van der Waals surface area contributed by atoms with E-state index < -0.39 is 0 Å². The molecule has 0 amide bonds. The molecule has 1 aromatic carbocycles. The van der Waals surface area contributed by atoms with Crippen LogP contribution in [-0.2, 0) is 6.42 Å². The molecule has 1 aromatic heterocycles. The molecular weight excluding hydrogens is 244 g/mol. The molecule has 4 heteroatoms. The smallest absolute Gasteiger partial charge is 0.181 e. The SMILES string of the molecule is NCCCc1cc2ncoc2cc1Br. The van der Waals surface area contributed by atoms with Crippen molar-refractivity contribution in [1.29, 1.82) is 0 Å². The highest BCUT2D eigenvalue weighted by atomic mass is 79.9. The third-order valence-corrected chi connectivity index (χ3v) is 2.89. The van der Waals surface area contributed by atoms with Crippen LogP contribution in [0.4, 0.5) is 0 Å². The van der Waals surface area contributed by atoms with Crippen LogP contribution in [0.25, 0.3) is 11.1 Å². The van der Waals surface area contributed by atoms with Crippen molar-refractivity contribution < 1.29 is 4.42 Å². The van der Waals surface area contributed by atoms with E-state index in [1.165, 1.54) is 12.0 Å². The van der Waals surface area contributed by atoms with Gasteiger partial charge in [-0.3, -0.25) is 0 Å². The molecule has 0 aliphatic rings. The van der Waals surface area contributed by atoms with Gasteiger partial charge >= 0.3 is 0 Å². The maximum atomic E-state index is 5.47. The van der Waals surface area contributed by atoms with Crippen LogP contribution in [0.1, 0.15) is 12.0 Å². The number of aryl methyl sites for hydroxylation is 1. The van der Waals surface area contributed by atoms with E-state index >= 15 is 0 Å². The summed E-state index contributed by atoms with van der Waals surface area (Å²) in [5.74, 6) is 0. The van der Waals surface area contributed by atoms with E-state index in [9.17, 15) is 0 Å². The monoisotopic (exact) mass is 254 g/mol. The number of nitrogens with two attached hydrogens (primary N) is 1. The highest BCUT2D eigenvalue weighted by Crippen LogP contribution is 2.24. The Morgan fingerprint density at radius 2 is 2.29 bits per heavy atom. The molecule has 0 spiro atoms. The van der Waals surface area contributed by atoms with Gasteiger partial charge < -0.3 is 10.2 Å². The van der Waals surface area contributed by atoms with Crippen LogP contribution in [0.5, 0.6) is 0 Å². The summed E-state index contributed by atoms with van der Waals surface area (Å²) < 4.78 is 6.26. The van der Waals surface area contributed by atoms with Gasteiger partial charge in [-0.15, -0.1) is 0 Å². The summed E-state index contributed by atoms with van der Waals surface area (Å²) in [5, 5.41) is 0. The molecule has 0 aliphatic carbocycles. The number of hydrogen-bond acceptors (Lipinski definition) is 3. The van der Waals surface area contributed by atoms with Gasteiger partial charge in [-0.1, -0.05) is 15.9 Å². The van der Waals surface area contributed by atoms with Crippen molar-refractivity contribution >= 4 is 27.0 Å². The normalized spacial score (nSPS) is 11.0. The van der Waals surface area contributed by atoms with Crippen LogP contribution in [0.3, 0.4) is 0 Å². The van der Waals surface area contributed by atoms with Crippen molar-refractivity contribution in [2.45, 2.75) is 12.8 Å². The lowest BCUT2D eigenvalue weighted by molar-refractivity contribution is 0.602. The van der Waals surface area contributed by atoms with E-state index in [2.05, 4.69) is 20.9 Å². The van der Waals surface area contributed by atoms with Crippen molar-refractivity contribution in [2.75, 3.05) is 6.54 Å². The number of fused-ring (bicyclic) bond motifs is 1. The first-order valence-corrected chi connectivity index (χ1v) is 5.32. The Morgan fingerprint density at radius 1 is 1.43 bits per heavy atom. The Bertz CT molecular complexity index is 439. The first kappa shape index (κ1) is 9.68. The fourth-order valence-electron chi connectivity index (χ4n) is 1.41. The molecule has 3 nitrogen and oxygen atoms in total. The molecule has 1 heterocycles. The molecule has 0 radical (unpaired) electrons. The largest absolute Gasteiger partial charge is 0.443 e. The van der Waals surface area contributed by atoms with Crippen molar-refractivity contribution in [1.82, 2.24) is 4.98 Å². The van der Waals surface area contributed by atoms with Crippen molar-refractivity contribution in [2.24, 2.45) is 5.73 Å². The summed E-state index contributed by atoms with van der Waals surface area (Å²) >= 11 is 3.50. The standard InChI is InChI=1S/C10H11BrN2O/c11-8-5-10-9(13-6-14-10)4-7(8)2-1-3-12/h4-6H,1-3,12H2. The van der Waals surface area contributed by atoms with E-state index in [1.54, 1.807) is 0 Å². The molecule has 0 bridgehead atoms. The molecule has 74 valence electrons. The Kier molecular flexibility index (Phi) is 2.84. The van der Waals surface area contributed by atoms with Crippen molar-refractivity contribution in [3.8, 4) is 0 Å². The lowest BCUT2D eigenvalue weighted by Crippen LogP contribution is -2.00. The molecule has 0 saturated heterocycles. The van der Waals surface area contributed by atoms with Crippen LogP contribution in [0.2, 0.25) is 0 Å². The minimum absolute atomic E-state index is 0.712. The molecular formula is C10H11BrN2O. The van der Waals surface area contributed by atoms with Crippen LogP contribution >= 0.6 is 15.9 Å². The molecule has 2 rings (SSSR count). The lowest BCUT2D eigenvalue weighted by Gasteiger charge is -2.02. The van der Waals surface area contributed by atoms with Crippen LogP contribution < -0.4 is 5.73 Å². The fourth-order valence-corrected chi connectivity index (χ4v) is 1.93. The second-order valence-corrected chi connectivity index (χ2v) is 4.01. The highest BCUT2D eigenvalue weighted by molar-refractivity contribution is 9.10. The molecule has 2 N–H and O–H groups in total. The maximum absolute atomic E-state index is 5.47. The first-order chi connectivity index (χ1) is 6.81. The Morgan fingerprint density at radius 3 is 3.07 bits per heavy atom. The van der Waals surface area contributed by atoms with Gasteiger partial charge in [0.15, 0.2) is 12.0 Å². The maximum Gasteiger partial charge on any atom is 0.181 e. The molecule has 0 unspecified atom stereocenters. The second-order valence-electron chi connectivity index (χ2n) is 3.16. The number of benzene rings is 1. The molecule has 2 aromatic rings. The number of aromatic nitrogens is 1. The van der Waals surface area contributed by atoms with E-state index in [0.29, 0.717) is 6.54 Å². The van der Waals surface area contributed by atoms with Gasteiger partial charge in [0.1, 0.15) is 5.52 Å². The zero-order valence-corrected chi connectivity index (χ0v) is 9.25. The molecule has 0 fully saturated rings. The van der Waals surface area contributed by atoms with Crippen LogP contribution in [0, 0.1) is 0 Å². The van der Waals surface area contributed by atoms with Crippen molar-refractivity contribution in [3.05, 3.63) is 28.6 Å². The zero-order chi connectivity index (χ0) is 9.97. The topological polar surface area (TPSA) is 52.0 Å². The number of rotatable bonds is 3. The molecule has 14 heavy (non-hydrogen) atoms. The minimum Gasteiger partial charge on any atom is -0.443 e. The average Bonchev–Trinajstić information content (AvgIpc) is 2.61. The molecule has 0 atom stereocenters. The number of halogens is 1. The third-order valence-electron chi connectivity index (χ3n) is 2.15. The number of nitrogens with zero attached hydrogens (tertiary/aromatic N) is 1. The van der Waals surface area contributed by atoms with Gasteiger partial charge in [-0.25, -0.2) is 4.98 Å². The van der Waals surface area contributed by atoms with Gasteiger partial charge in [0.25, 0.3) is 0 Å². The highest BCUT2D eigenvalue weighted by Gasteiger charge is 2.05. The van der Waals surface area contributed by atoms with Crippen LogP contribution in [0.15, 0.2) is 27.4 Å². The predicted octanol–water partition coefficient (Wildman–Crippen LogP) is 2.48. The fraction of sp³-hybridized carbons (Fsp3) is 0.300. The van der Waals surface area contributed by atoms with E-state index in [0.717, 1.165) is 28.4 Å². The second kappa shape index (κ2) is 4.11. The Balaban J connectivity index is 2.38. The lowest BCUT2D eigenvalue weighted by atomic mass is 10.1. The first-order valence-electron chi connectivity index (χ1n) is 4.53. The van der Waals surface area contributed by atoms with E-state index in [1.807, 2.05) is 12.1 Å². The third kappa shape index (κ3) is 1.81. The van der Waals surface area contributed by atoms with Crippen molar-refractivity contribution in [3.63, 3.8) is 0 Å². The Labute approximate surface area is 90.4 Å². The van der Waals surface area contributed by atoms with E-state index in [4.69, 9.17) is 10.2 Å². The van der Waals surface area contributed by atoms with Gasteiger partial charge in [-0.05, 0) is 37.1 Å². The van der Waals surface area contributed by atoms with Crippen LogP contribution in [-0.4, -0.2) is 11.5 Å². The molecule has 0 saturated carbocycles. The van der Waals surface area contributed by atoms with Gasteiger partial charge in [0.05, 0.1) is 0 Å². The van der Waals surface area contributed by atoms with Gasteiger partial charge in [-0.2, -0.15) is 0 Å². The predicted molar refractivity (Wildman–Crippen MR) is 59.1 cm³/mol. The summed E-state index contributed by atoms with van der Waals surface area (Å²) in [6, 6.07) is 3.99. The van der Waals surface area contributed by atoms with Gasteiger partial charge in [0, 0.05) is 4.47 Å². The summed E-state index contributed by atoms with van der Waals surface area (Å²) in [6.45, 7) is 0.712. The minimum atomic E-state index is 0.712. The summed E-state index contributed by atoms with van der Waals surface area (Å²) in [7, 11) is 0. The van der Waals surface area contributed by atoms with Gasteiger partial charge in [0.2, 0.25) is 0 Å². The number of hydrogen-bond donors (Lipinski definition) is 1.